The zero-order chi connectivity index (χ0) is 13.6. The Bertz CT molecular complexity index is 682. The highest BCUT2D eigenvalue weighted by Gasteiger charge is 2.53. The van der Waals surface area contributed by atoms with Gasteiger partial charge in [0.1, 0.15) is 11.2 Å². The van der Waals surface area contributed by atoms with Crippen LogP contribution in [0.3, 0.4) is 0 Å². The number of hydrogen-bond acceptors (Lipinski definition) is 4. The molecule has 110 valence electrons. The van der Waals surface area contributed by atoms with Gasteiger partial charge < -0.3 is 15.1 Å². The van der Waals surface area contributed by atoms with Crippen LogP contribution in [0.4, 0.5) is 0 Å². The van der Waals surface area contributed by atoms with Crippen molar-refractivity contribution in [3.8, 4) is 0 Å². The standard InChI is InChI=1S/C17H21N3O/c1-2-16-13(6-12(1)21-16)14-4-9-5-15(17(14)19-9)20-8-10-3-11(20)7-18-10/h1-2,6,9-11,14-15,17-19H,3-5,7-8H2. The van der Waals surface area contributed by atoms with Gasteiger partial charge in [-0.3, -0.25) is 4.90 Å². The molecule has 0 spiro atoms. The molecule has 6 rings (SSSR count). The molecule has 4 saturated heterocycles. The molecule has 21 heavy (non-hydrogen) atoms. The fourth-order valence-corrected chi connectivity index (χ4v) is 5.65. The number of hydrogen-bond donors (Lipinski definition) is 2. The number of nitrogens with one attached hydrogen (secondary N) is 2. The minimum Gasteiger partial charge on any atom is -0.457 e. The Morgan fingerprint density at radius 1 is 1.14 bits per heavy atom. The molecule has 4 heteroatoms. The third-order valence-electron chi connectivity index (χ3n) is 6.47. The van der Waals surface area contributed by atoms with Gasteiger partial charge >= 0.3 is 0 Å². The Balaban J connectivity index is 1.33. The van der Waals surface area contributed by atoms with Gasteiger partial charge in [0.05, 0.1) is 0 Å². The highest BCUT2D eigenvalue weighted by atomic mass is 16.3. The van der Waals surface area contributed by atoms with Crippen LogP contribution >= 0.6 is 0 Å². The van der Waals surface area contributed by atoms with Gasteiger partial charge in [-0.15, -0.1) is 0 Å². The zero-order valence-electron chi connectivity index (χ0n) is 12.1. The van der Waals surface area contributed by atoms with Crippen molar-refractivity contribution in [3.05, 3.63) is 23.8 Å². The van der Waals surface area contributed by atoms with Crippen LogP contribution in [0.25, 0.3) is 11.2 Å². The molecular weight excluding hydrogens is 262 g/mol. The summed E-state index contributed by atoms with van der Waals surface area (Å²) in [7, 11) is 0. The van der Waals surface area contributed by atoms with E-state index in [1.165, 1.54) is 37.9 Å². The van der Waals surface area contributed by atoms with Crippen molar-refractivity contribution in [2.75, 3.05) is 13.1 Å². The summed E-state index contributed by atoms with van der Waals surface area (Å²) in [5.74, 6) is 0.651. The van der Waals surface area contributed by atoms with E-state index in [4.69, 9.17) is 4.42 Å². The van der Waals surface area contributed by atoms with E-state index in [2.05, 4.69) is 33.7 Å². The molecule has 0 saturated carbocycles. The first-order valence-corrected chi connectivity index (χ1v) is 8.42. The molecule has 6 atom stereocenters. The van der Waals surface area contributed by atoms with Gasteiger partial charge in [-0.05, 0) is 37.5 Å². The fraction of sp³-hybridized carbons (Fsp3) is 0.647. The first-order valence-electron chi connectivity index (χ1n) is 8.42. The largest absolute Gasteiger partial charge is 0.457 e. The van der Waals surface area contributed by atoms with Gasteiger partial charge in [-0.2, -0.15) is 0 Å². The molecule has 4 aliphatic rings. The molecule has 0 radical (unpaired) electrons. The van der Waals surface area contributed by atoms with E-state index in [1.807, 2.05) is 0 Å². The molecular formula is C17H21N3O. The second-order valence-electron chi connectivity index (χ2n) is 7.53. The van der Waals surface area contributed by atoms with Crippen LogP contribution in [0.1, 0.15) is 30.7 Å². The van der Waals surface area contributed by atoms with Crippen LogP contribution in [-0.2, 0) is 0 Å². The normalized spacial score (nSPS) is 45.5. The number of rotatable bonds is 2. The van der Waals surface area contributed by atoms with Crippen LogP contribution in [0.15, 0.2) is 22.6 Å². The first kappa shape index (κ1) is 11.5. The molecule has 6 bridgehead atoms. The Hall–Kier alpha value is -1.10. The first-order chi connectivity index (χ1) is 10.3. The number of nitrogens with zero attached hydrogens (tertiary/aromatic N) is 1. The third-order valence-corrected chi connectivity index (χ3v) is 6.47. The summed E-state index contributed by atoms with van der Waals surface area (Å²) in [5, 5.41) is 7.53. The molecule has 6 unspecified atom stereocenters. The number of furan rings is 2. The van der Waals surface area contributed by atoms with E-state index in [0.717, 1.165) is 29.3 Å². The van der Waals surface area contributed by atoms with E-state index in [1.54, 1.807) is 0 Å². The lowest BCUT2D eigenvalue weighted by Crippen LogP contribution is -2.53. The van der Waals surface area contributed by atoms with Gasteiger partial charge in [0.15, 0.2) is 0 Å². The number of fused-ring (bicyclic) bond motifs is 6. The Morgan fingerprint density at radius 3 is 2.81 bits per heavy atom. The highest BCUT2D eigenvalue weighted by Crippen LogP contribution is 2.46. The van der Waals surface area contributed by atoms with Crippen molar-refractivity contribution in [3.63, 3.8) is 0 Å². The predicted molar refractivity (Wildman–Crippen MR) is 80.8 cm³/mol. The van der Waals surface area contributed by atoms with E-state index in [-0.39, 0.29) is 0 Å². The lowest BCUT2D eigenvalue weighted by atomic mass is 9.80. The smallest absolute Gasteiger partial charge is 0.131 e. The van der Waals surface area contributed by atoms with Crippen molar-refractivity contribution in [2.45, 2.75) is 55.4 Å². The second kappa shape index (κ2) is 3.80. The van der Waals surface area contributed by atoms with Crippen molar-refractivity contribution in [2.24, 2.45) is 0 Å². The summed E-state index contributed by atoms with van der Waals surface area (Å²) < 4.78 is 5.79. The number of benzene rings is 1. The number of piperazine rings is 1. The molecule has 2 aromatic rings. The molecule has 2 aromatic heterocycles. The lowest BCUT2D eigenvalue weighted by molar-refractivity contribution is 0.130. The quantitative estimate of drug-likeness (QED) is 0.876. The Morgan fingerprint density at radius 2 is 2.14 bits per heavy atom. The molecule has 0 aliphatic carbocycles. The molecule has 4 aliphatic heterocycles. The van der Waals surface area contributed by atoms with Crippen LogP contribution in [0.2, 0.25) is 0 Å². The van der Waals surface area contributed by atoms with Gasteiger partial charge in [-0.1, -0.05) is 0 Å². The van der Waals surface area contributed by atoms with Gasteiger partial charge in [0.25, 0.3) is 0 Å². The summed E-state index contributed by atoms with van der Waals surface area (Å²) in [6.07, 6.45) is 4.00. The molecule has 0 aromatic carbocycles. The summed E-state index contributed by atoms with van der Waals surface area (Å²) in [4.78, 5) is 2.81. The maximum absolute atomic E-state index is 5.79. The van der Waals surface area contributed by atoms with Crippen molar-refractivity contribution in [1.82, 2.24) is 15.5 Å². The monoisotopic (exact) mass is 283 g/mol. The van der Waals surface area contributed by atoms with Crippen molar-refractivity contribution < 1.29 is 4.42 Å². The fourth-order valence-electron chi connectivity index (χ4n) is 5.65. The topological polar surface area (TPSA) is 40.4 Å². The Labute approximate surface area is 124 Å². The molecule has 4 fully saturated rings. The number of likely N-dealkylation sites (tertiary alicyclic amines) is 1. The summed E-state index contributed by atoms with van der Waals surface area (Å²) in [5.41, 5.74) is 3.62. The third kappa shape index (κ3) is 1.46. The van der Waals surface area contributed by atoms with E-state index in [0.29, 0.717) is 18.0 Å². The van der Waals surface area contributed by atoms with E-state index >= 15 is 0 Å². The summed E-state index contributed by atoms with van der Waals surface area (Å²) >= 11 is 0. The van der Waals surface area contributed by atoms with Crippen LogP contribution in [0.5, 0.6) is 0 Å². The lowest BCUT2D eigenvalue weighted by Gasteiger charge is -2.39. The van der Waals surface area contributed by atoms with Crippen molar-refractivity contribution in [1.29, 1.82) is 0 Å². The average molecular weight is 283 g/mol. The van der Waals surface area contributed by atoms with Crippen molar-refractivity contribution >= 4 is 11.2 Å². The van der Waals surface area contributed by atoms with Crippen LogP contribution in [-0.4, -0.2) is 48.2 Å². The average Bonchev–Trinajstić information content (AvgIpc) is 3.33. The van der Waals surface area contributed by atoms with E-state index < -0.39 is 0 Å². The SMILES string of the molecule is c1cc2oc1cc2C1CC2CC(N3CC4CC3CN4)C1N2. The van der Waals surface area contributed by atoms with Crippen LogP contribution in [0, 0.1) is 0 Å². The minimum atomic E-state index is 0.630. The van der Waals surface area contributed by atoms with Gasteiger partial charge in [0.2, 0.25) is 0 Å². The molecule has 0 amide bonds. The predicted octanol–water partition coefficient (Wildman–Crippen LogP) is 1.50. The second-order valence-corrected chi connectivity index (χ2v) is 7.53. The Kier molecular flexibility index (Phi) is 2.08. The maximum atomic E-state index is 5.79. The maximum Gasteiger partial charge on any atom is 0.131 e. The molecule has 6 heterocycles. The summed E-state index contributed by atoms with van der Waals surface area (Å²) in [6.45, 7) is 2.46. The minimum absolute atomic E-state index is 0.630. The summed E-state index contributed by atoms with van der Waals surface area (Å²) in [6, 6.07) is 10.1. The molecule has 4 nitrogen and oxygen atoms in total. The van der Waals surface area contributed by atoms with Gasteiger partial charge in [-0.25, -0.2) is 0 Å². The van der Waals surface area contributed by atoms with Gasteiger partial charge in [0, 0.05) is 54.8 Å². The molecule has 2 N–H and O–H groups in total. The van der Waals surface area contributed by atoms with Crippen LogP contribution < -0.4 is 10.6 Å². The zero-order valence-corrected chi connectivity index (χ0v) is 12.1. The highest BCUT2D eigenvalue weighted by molar-refractivity contribution is 5.67. The van der Waals surface area contributed by atoms with E-state index in [9.17, 15) is 0 Å².